The van der Waals surface area contributed by atoms with E-state index in [4.69, 9.17) is 4.74 Å². The van der Waals surface area contributed by atoms with Crippen molar-refractivity contribution in [3.8, 4) is 5.75 Å². The van der Waals surface area contributed by atoms with Gasteiger partial charge in [-0.05, 0) is 47.7 Å². The molecule has 0 spiro atoms. The van der Waals surface area contributed by atoms with Crippen LogP contribution in [-0.4, -0.2) is 13.0 Å². The number of benzene rings is 2. The molecule has 0 aliphatic carbocycles. The van der Waals surface area contributed by atoms with Crippen molar-refractivity contribution < 1.29 is 9.53 Å². The molecule has 0 fully saturated rings. The topological polar surface area (TPSA) is 38.3 Å². The van der Waals surface area contributed by atoms with Gasteiger partial charge in [-0.25, -0.2) is 0 Å². The molecule has 0 bridgehead atoms. The molecule has 1 amide bonds. The van der Waals surface area contributed by atoms with E-state index in [0.29, 0.717) is 5.92 Å². The maximum Gasteiger partial charge on any atom is 0.248 e. The summed E-state index contributed by atoms with van der Waals surface area (Å²) in [4.78, 5) is 12.1. The van der Waals surface area contributed by atoms with Gasteiger partial charge in [0, 0.05) is 11.8 Å². The van der Waals surface area contributed by atoms with Crippen molar-refractivity contribution in [2.24, 2.45) is 0 Å². The lowest BCUT2D eigenvalue weighted by Gasteiger charge is -2.14. The number of rotatable bonds is 6. The average molecular weight is 309 g/mol. The normalized spacial score (nSPS) is 12.1. The smallest absolute Gasteiger partial charge is 0.248 e. The molecule has 120 valence electrons. The molecule has 1 atom stereocenters. The number of ether oxygens (including phenoxy) is 1. The van der Waals surface area contributed by atoms with Crippen molar-refractivity contribution in [1.82, 2.24) is 0 Å². The molecule has 0 saturated heterocycles. The van der Waals surface area contributed by atoms with E-state index < -0.39 is 0 Å². The minimum Gasteiger partial charge on any atom is -0.497 e. The standard InChI is InChI=1S/C20H23NO2/c1-4-15(2)18-7-5-6-8-19(18)21-20(22)14-11-16-9-12-17(23-3)13-10-16/h5-15H,4H2,1-3H3,(H,21,22). The zero-order valence-electron chi connectivity index (χ0n) is 13.9. The largest absolute Gasteiger partial charge is 0.497 e. The third-order valence-corrected chi connectivity index (χ3v) is 3.90. The lowest BCUT2D eigenvalue weighted by atomic mass is 9.97. The van der Waals surface area contributed by atoms with E-state index in [2.05, 4.69) is 25.2 Å². The maximum atomic E-state index is 12.1. The third-order valence-electron chi connectivity index (χ3n) is 3.90. The number of carbonyl (C=O) groups is 1. The number of carbonyl (C=O) groups excluding carboxylic acids is 1. The molecule has 0 saturated carbocycles. The number of hydrogen-bond donors (Lipinski definition) is 1. The van der Waals surface area contributed by atoms with E-state index in [1.807, 2.05) is 42.5 Å². The number of methoxy groups -OCH3 is 1. The van der Waals surface area contributed by atoms with E-state index in [9.17, 15) is 4.79 Å². The Morgan fingerprint density at radius 2 is 1.87 bits per heavy atom. The van der Waals surface area contributed by atoms with Crippen LogP contribution < -0.4 is 10.1 Å². The molecule has 2 rings (SSSR count). The van der Waals surface area contributed by atoms with Crippen molar-refractivity contribution in [2.45, 2.75) is 26.2 Å². The zero-order valence-corrected chi connectivity index (χ0v) is 13.9. The van der Waals surface area contributed by atoms with Gasteiger partial charge in [-0.3, -0.25) is 4.79 Å². The molecule has 0 aliphatic rings. The fraction of sp³-hybridized carbons (Fsp3) is 0.250. The lowest BCUT2D eigenvalue weighted by Crippen LogP contribution is -2.10. The monoisotopic (exact) mass is 309 g/mol. The van der Waals surface area contributed by atoms with Crippen LogP contribution in [0.1, 0.15) is 37.3 Å². The maximum absolute atomic E-state index is 12.1. The van der Waals surface area contributed by atoms with Crippen LogP contribution in [0.4, 0.5) is 5.69 Å². The first-order chi connectivity index (χ1) is 11.1. The van der Waals surface area contributed by atoms with E-state index in [0.717, 1.165) is 23.4 Å². The summed E-state index contributed by atoms with van der Waals surface area (Å²) < 4.78 is 5.12. The number of hydrogen-bond acceptors (Lipinski definition) is 2. The predicted molar refractivity (Wildman–Crippen MR) is 95.8 cm³/mol. The van der Waals surface area contributed by atoms with Crippen LogP contribution in [0.3, 0.4) is 0 Å². The first kappa shape index (κ1) is 16.8. The van der Waals surface area contributed by atoms with Crippen molar-refractivity contribution in [3.05, 3.63) is 65.7 Å². The second kappa shape index (κ2) is 8.18. The van der Waals surface area contributed by atoms with Gasteiger partial charge in [0.25, 0.3) is 0 Å². The summed E-state index contributed by atoms with van der Waals surface area (Å²) in [5, 5.41) is 2.97. The zero-order chi connectivity index (χ0) is 16.7. The molecular formula is C20H23NO2. The summed E-state index contributed by atoms with van der Waals surface area (Å²) in [5.74, 6) is 1.09. The molecule has 0 heterocycles. The van der Waals surface area contributed by atoms with E-state index in [1.165, 1.54) is 5.56 Å². The Balaban J connectivity index is 2.06. The second-order valence-electron chi connectivity index (χ2n) is 5.49. The highest BCUT2D eigenvalue weighted by atomic mass is 16.5. The molecule has 3 heteroatoms. The van der Waals surface area contributed by atoms with E-state index >= 15 is 0 Å². The Labute approximate surface area is 138 Å². The summed E-state index contributed by atoms with van der Waals surface area (Å²) in [6, 6.07) is 15.5. The fourth-order valence-electron chi connectivity index (χ4n) is 2.32. The summed E-state index contributed by atoms with van der Waals surface area (Å²) >= 11 is 0. The van der Waals surface area contributed by atoms with Crippen LogP contribution >= 0.6 is 0 Å². The van der Waals surface area contributed by atoms with Gasteiger partial charge >= 0.3 is 0 Å². The van der Waals surface area contributed by atoms with Crippen molar-refractivity contribution >= 4 is 17.7 Å². The Hall–Kier alpha value is -2.55. The minimum absolute atomic E-state index is 0.128. The highest BCUT2D eigenvalue weighted by molar-refractivity contribution is 6.02. The van der Waals surface area contributed by atoms with Crippen LogP contribution in [0, 0.1) is 0 Å². The molecular weight excluding hydrogens is 286 g/mol. The summed E-state index contributed by atoms with van der Waals surface area (Å²) in [6.45, 7) is 4.31. The Kier molecular flexibility index (Phi) is 5.98. The molecule has 3 nitrogen and oxygen atoms in total. The molecule has 2 aromatic carbocycles. The third kappa shape index (κ3) is 4.71. The van der Waals surface area contributed by atoms with Crippen molar-refractivity contribution in [1.29, 1.82) is 0 Å². The Morgan fingerprint density at radius 1 is 1.17 bits per heavy atom. The predicted octanol–water partition coefficient (Wildman–Crippen LogP) is 4.86. The van der Waals surface area contributed by atoms with Crippen LogP contribution in [0.25, 0.3) is 6.08 Å². The average Bonchev–Trinajstić information content (AvgIpc) is 2.60. The van der Waals surface area contributed by atoms with Crippen LogP contribution in [0.5, 0.6) is 5.75 Å². The SMILES string of the molecule is CCC(C)c1ccccc1NC(=O)C=Cc1ccc(OC)cc1. The van der Waals surface area contributed by atoms with Gasteiger partial charge in [0.1, 0.15) is 5.75 Å². The Morgan fingerprint density at radius 3 is 2.52 bits per heavy atom. The van der Waals surface area contributed by atoms with Crippen LogP contribution in [0.15, 0.2) is 54.6 Å². The minimum atomic E-state index is -0.128. The van der Waals surface area contributed by atoms with Gasteiger partial charge in [0.05, 0.1) is 7.11 Å². The van der Waals surface area contributed by atoms with Crippen molar-refractivity contribution in [2.75, 3.05) is 12.4 Å². The lowest BCUT2D eigenvalue weighted by molar-refractivity contribution is -0.111. The van der Waals surface area contributed by atoms with Gasteiger partial charge in [0.2, 0.25) is 5.91 Å². The summed E-state index contributed by atoms with van der Waals surface area (Å²) in [5.41, 5.74) is 3.00. The Bertz CT molecular complexity index is 674. The summed E-state index contributed by atoms with van der Waals surface area (Å²) in [7, 11) is 1.63. The van der Waals surface area contributed by atoms with Crippen LogP contribution in [-0.2, 0) is 4.79 Å². The van der Waals surface area contributed by atoms with Crippen LogP contribution in [0.2, 0.25) is 0 Å². The molecule has 0 radical (unpaired) electrons. The first-order valence-electron chi connectivity index (χ1n) is 7.86. The fourth-order valence-corrected chi connectivity index (χ4v) is 2.32. The van der Waals surface area contributed by atoms with E-state index in [-0.39, 0.29) is 5.91 Å². The quantitative estimate of drug-likeness (QED) is 0.774. The van der Waals surface area contributed by atoms with E-state index in [1.54, 1.807) is 19.3 Å². The molecule has 0 aromatic heterocycles. The highest BCUT2D eigenvalue weighted by Crippen LogP contribution is 2.26. The molecule has 2 aromatic rings. The second-order valence-corrected chi connectivity index (χ2v) is 5.49. The first-order valence-corrected chi connectivity index (χ1v) is 7.86. The van der Waals surface area contributed by atoms with Gasteiger partial charge in [-0.15, -0.1) is 0 Å². The molecule has 1 unspecified atom stereocenters. The van der Waals surface area contributed by atoms with Gasteiger partial charge in [-0.2, -0.15) is 0 Å². The van der Waals surface area contributed by atoms with Crippen molar-refractivity contribution in [3.63, 3.8) is 0 Å². The summed E-state index contributed by atoms with van der Waals surface area (Å²) in [6.07, 6.45) is 4.38. The number of para-hydroxylation sites is 1. The number of amides is 1. The number of anilines is 1. The molecule has 0 aliphatic heterocycles. The number of nitrogens with one attached hydrogen (secondary N) is 1. The molecule has 1 N–H and O–H groups in total. The van der Waals surface area contributed by atoms with Gasteiger partial charge in [-0.1, -0.05) is 44.2 Å². The van der Waals surface area contributed by atoms with Gasteiger partial charge < -0.3 is 10.1 Å². The highest BCUT2D eigenvalue weighted by Gasteiger charge is 2.09. The van der Waals surface area contributed by atoms with Gasteiger partial charge in [0.15, 0.2) is 0 Å². The molecule has 23 heavy (non-hydrogen) atoms.